The number of hydrogen-bond donors (Lipinski definition) is 1. The van der Waals surface area contributed by atoms with Gasteiger partial charge in [-0.3, -0.25) is 4.79 Å². The van der Waals surface area contributed by atoms with Crippen molar-refractivity contribution in [3.05, 3.63) is 35.9 Å². The highest BCUT2D eigenvalue weighted by Crippen LogP contribution is 2.21. The number of carbonyl (C=O) groups is 1. The van der Waals surface area contributed by atoms with Gasteiger partial charge in [0.2, 0.25) is 5.91 Å². The summed E-state index contributed by atoms with van der Waals surface area (Å²) in [6.07, 6.45) is 2.43. The molecule has 1 saturated heterocycles. The van der Waals surface area contributed by atoms with Crippen molar-refractivity contribution >= 4 is 11.6 Å². The molecule has 0 unspecified atom stereocenters. The van der Waals surface area contributed by atoms with E-state index in [9.17, 15) is 4.79 Å². The first-order valence-electron chi connectivity index (χ1n) is 6.50. The number of carbonyl (C=O) groups excluding carboxylic acids is 1. The van der Waals surface area contributed by atoms with Crippen molar-refractivity contribution in [3.63, 3.8) is 0 Å². The molecule has 0 aliphatic carbocycles. The summed E-state index contributed by atoms with van der Waals surface area (Å²) in [4.78, 5) is 12.0. The predicted octanol–water partition coefficient (Wildman–Crippen LogP) is 1.38. The maximum atomic E-state index is 12.0. The molecule has 1 amide bonds. The molecule has 1 fully saturated rings. The van der Waals surface area contributed by atoms with Crippen LogP contribution in [0.15, 0.2) is 35.4 Å². The number of rotatable bonds is 2. The fourth-order valence-corrected chi connectivity index (χ4v) is 2.57. The van der Waals surface area contributed by atoms with Gasteiger partial charge in [-0.1, -0.05) is 30.3 Å². The molecule has 94 valence electrons. The van der Waals surface area contributed by atoms with Crippen LogP contribution >= 0.6 is 0 Å². The third-order valence-electron chi connectivity index (χ3n) is 3.56. The van der Waals surface area contributed by atoms with E-state index >= 15 is 0 Å². The van der Waals surface area contributed by atoms with E-state index in [1.807, 2.05) is 30.3 Å². The van der Waals surface area contributed by atoms with Gasteiger partial charge >= 0.3 is 0 Å². The largest absolute Gasteiger partial charge is 0.317 e. The molecular weight excluding hydrogens is 226 g/mol. The van der Waals surface area contributed by atoms with Gasteiger partial charge in [0.15, 0.2) is 0 Å². The highest BCUT2D eigenvalue weighted by molar-refractivity contribution is 6.13. The molecular formula is C14H17N3O. The molecule has 0 aromatic heterocycles. The molecule has 2 aliphatic rings. The Morgan fingerprint density at radius 3 is 2.61 bits per heavy atom. The Labute approximate surface area is 107 Å². The molecule has 4 nitrogen and oxygen atoms in total. The first-order valence-corrected chi connectivity index (χ1v) is 6.50. The second-order valence-electron chi connectivity index (χ2n) is 4.81. The minimum atomic E-state index is 0.140. The van der Waals surface area contributed by atoms with Gasteiger partial charge in [-0.15, -0.1) is 0 Å². The third kappa shape index (κ3) is 2.16. The Balaban J connectivity index is 1.80. The molecule has 0 radical (unpaired) electrons. The second-order valence-corrected chi connectivity index (χ2v) is 4.81. The van der Waals surface area contributed by atoms with E-state index in [2.05, 4.69) is 10.4 Å². The molecule has 18 heavy (non-hydrogen) atoms. The van der Waals surface area contributed by atoms with Crippen molar-refractivity contribution in [3.8, 4) is 0 Å². The molecule has 1 aromatic rings. The number of amides is 1. The lowest BCUT2D eigenvalue weighted by atomic mass is 10.1. The highest BCUT2D eigenvalue weighted by Gasteiger charge is 2.31. The van der Waals surface area contributed by atoms with Crippen LogP contribution < -0.4 is 5.32 Å². The first kappa shape index (κ1) is 11.4. The van der Waals surface area contributed by atoms with Crippen molar-refractivity contribution in [1.82, 2.24) is 10.3 Å². The Kier molecular flexibility index (Phi) is 3.11. The van der Waals surface area contributed by atoms with Gasteiger partial charge in [0.25, 0.3) is 0 Å². The normalized spacial score (nSPS) is 21.2. The van der Waals surface area contributed by atoms with Crippen molar-refractivity contribution in [2.24, 2.45) is 5.10 Å². The predicted molar refractivity (Wildman–Crippen MR) is 70.3 cm³/mol. The van der Waals surface area contributed by atoms with Crippen LogP contribution in [0.3, 0.4) is 0 Å². The summed E-state index contributed by atoms with van der Waals surface area (Å²) in [6.45, 7) is 1.95. The standard InChI is InChI=1S/C14H17N3O/c18-14-10-13(11-4-2-1-3-5-11)16-17(14)12-6-8-15-9-7-12/h1-5,12,15H,6-10H2. The first-order chi connectivity index (χ1) is 8.84. The van der Waals surface area contributed by atoms with E-state index in [0.29, 0.717) is 6.42 Å². The minimum absolute atomic E-state index is 0.140. The van der Waals surface area contributed by atoms with Gasteiger partial charge in [-0.05, 0) is 31.5 Å². The van der Waals surface area contributed by atoms with E-state index < -0.39 is 0 Å². The number of hydrogen-bond acceptors (Lipinski definition) is 3. The molecule has 4 heteroatoms. The Morgan fingerprint density at radius 1 is 1.17 bits per heavy atom. The topological polar surface area (TPSA) is 44.7 Å². The Hall–Kier alpha value is -1.68. The van der Waals surface area contributed by atoms with Crippen molar-refractivity contribution < 1.29 is 4.79 Å². The SMILES string of the molecule is O=C1CC(c2ccccc2)=NN1C1CCNCC1. The molecule has 3 rings (SSSR count). The van der Waals surface area contributed by atoms with E-state index in [4.69, 9.17) is 0 Å². The molecule has 0 spiro atoms. The summed E-state index contributed by atoms with van der Waals surface area (Å²) in [7, 11) is 0. The van der Waals surface area contributed by atoms with Crippen molar-refractivity contribution in [2.75, 3.05) is 13.1 Å². The van der Waals surface area contributed by atoms with Gasteiger partial charge in [0, 0.05) is 0 Å². The lowest BCUT2D eigenvalue weighted by Gasteiger charge is -2.28. The summed E-state index contributed by atoms with van der Waals surface area (Å²) in [5.41, 5.74) is 1.96. The van der Waals surface area contributed by atoms with Gasteiger partial charge in [-0.25, -0.2) is 5.01 Å². The van der Waals surface area contributed by atoms with Crippen LogP contribution in [0.1, 0.15) is 24.8 Å². The van der Waals surface area contributed by atoms with Gasteiger partial charge in [0.1, 0.15) is 0 Å². The van der Waals surface area contributed by atoms with Gasteiger partial charge in [0.05, 0.1) is 18.2 Å². The van der Waals surface area contributed by atoms with Crippen molar-refractivity contribution in [2.45, 2.75) is 25.3 Å². The average Bonchev–Trinajstić information content (AvgIpc) is 2.83. The van der Waals surface area contributed by atoms with Crippen LogP contribution in [-0.4, -0.2) is 35.8 Å². The fourth-order valence-electron chi connectivity index (χ4n) is 2.57. The quantitative estimate of drug-likeness (QED) is 0.852. The zero-order valence-corrected chi connectivity index (χ0v) is 10.3. The Morgan fingerprint density at radius 2 is 1.89 bits per heavy atom. The monoisotopic (exact) mass is 243 g/mol. The van der Waals surface area contributed by atoms with Crippen LogP contribution in [0, 0.1) is 0 Å². The summed E-state index contributed by atoms with van der Waals surface area (Å²) in [6, 6.07) is 10.2. The van der Waals surface area contributed by atoms with E-state index in [1.165, 1.54) is 0 Å². The van der Waals surface area contributed by atoms with Crippen LogP contribution in [0.5, 0.6) is 0 Å². The zero-order chi connectivity index (χ0) is 12.4. The number of nitrogens with one attached hydrogen (secondary N) is 1. The third-order valence-corrected chi connectivity index (χ3v) is 3.56. The lowest BCUT2D eigenvalue weighted by molar-refractivity contribution is -0.131. The minimum Gasteiger partial charge on any atom is -0.317 e. The molecule has 1 aromatic carbocycles. The number of benzene rings is 1. The maximum Gasteiger partial charge on any atom is 0.249 e. The summed E-state index contributed by atoms with van der Waals surface area (Å²) < 4.78 is 0. The number of piperidine rings is 1. The zero-order valence-electron chi connectivity index (χ0n) is 10.3. The molecule has 2 heterocycles. The van der Waals surface area contributed by atoms with E-state index in [0.717, 1.165) is 37.2 Å². The molecule has 2 aliphatic heterocycles. The van der Waals surface area contributed by atoms with Crippen LogP contribution in [-0.2, 0) is 4.79 Å². The number of nitrogens with zero attached hydrogens (tertiary/aromatic N) is 2. The lowest BCUT2D eigenvalue weighted by Crippen LogP contribution is -2.41. The second kappa shape index (κ2) is 4.90. The summed E-state index contributed by atoms with van der Waals surface area (Å²) in [5.74, 6) is 0.140. The van der Waals surface area contributed by atoms with Gasteiger partial charge < -0.3 is 5.32 Å². The van der Waals surface area contributed by atoms with Crippen LogP contribution in [0.25, 0.3) is 0 Å². The van der Waals surface area contributed by atoms with E-state index in [1.54, 1.807) is 5.01 Å². The van der Waals surface area contributed by atoms with Crippen molar-refractivity contribution in [1.29, 1.82) is 0 Å². The van der Waals surface area contributed by atoms with E-state index in [-0.39, 0.29) is 11.9 Å². The van der Waals surface area contributed by atoms with Gasteiger partial charge in [-0.2, -0.15) is 5.10 Å². The average molecular weight is 243 g/mol. The maximum absolute atomic E-state index is 12.0. The summed E-state index contributed by atoms with van der Waals surface area (Å²) >= 11 is 0. The highest BCUT2D eigenvalue weighted by atomic mass is 16.2. The molecule has 0 atom stereocenters. The smallest absolute Gasteiger partial charge is 0.249 e. The van der Waals surface area contributed by atoms with Crippen LogP contribution in [0.2, 0.25) is 0 Å². The number of hydrazone groups is 1. The molecule has 0 saturated carbocycles. The fraction of sp³-hybridized carbons (Fsp3) is 0.429. The van der Waals surface area contributed by atoms with Crippen LogP contribution in [0.4, 0.5) is 0 Å². The summed E-state index contributed by atoms with van der Waals surface area (Å²) in [5, 5.41) is 9.56. The Bertz CT molecular complexity index is 463. The molecule has 0 bridgehead atoms. The molecule has 1 N–H and O–H groups in total.